The maximum Gasteiger partial charge on any atom is 0.176 e. The zero-order valence-corrected chi connectivity index (χ0v) is 16.8. The Morgan fingerprint density at radius 3 is 2.44 bits per heavy atom. The monoisotopic (exact) mass is 454 g/mol. The van der Waals surface area contributed by atoms with E-state index in [4.69, 9.17) is 35.4 Å². The van der Waals surface area contributed by atoms with Crippen molar-refractivity contribution in [3.63, 3.8) is 0 Å². The SMILES string of the molecule is S=C(Nc1ccccc1Cl)Nc1nn(Cc2ccccc2Cl)cc1Br. The molecule has 0 unspecified atom stereocenters. The molecular weight excluding hydrogens is 443 g/mol. The van der Waals surface area contributed by atoms with Crippen LogP contribution in [0.3, 0.4) is 0 Å². The van der Waals surface area contributed by atoms with Gasteiger partial charge in [-0.2, -0.15) is 5.10 Å². The van der Waals surface area contributed by atoms with Gasteiger partial charge >= 0.3 is 0 Å². The maximum atomic E-state index is 6.20. The lowest BCUT2D eigenvalue weighted by molar-refractivity contribution is 0.690. The number of benzene rings is 2. The van der Waals surface area contributed by atoms with Gasteiger partial charge in [-0.05, 0) is 51.9 Å². The van der Waals surface area contributed by atoms with Gasteiger partial charge in [0.15, 0.2) is 10.9 Å². The first-order valence-corrected chi connectivity index (χ1v) is 9.27. The lowest BCUT2D eigenvalue weighted by Crippen LogP contribution is -2.20. The van der Waals surface area contributed by atoms with E-state index in [2.05, 4.69) is 31.7 Å². The van der Waals surface area contributed by atoms with Crippen molar-refractivity contribution in [1.82, 2.24) is 9.78 Å². The fourth-order valence-corrected chi connectivity index (χ4v) is 3.19. The van der Waals surface area contributed by atoms with Gasteiger partial charge in [-0.1, -0.05) is 53.5 Å². The van der Waals surface area contributed by atoms with Crippen molar-refractivity contribution in [2.24, 2.45) is 0 Å². The molecule has 2 N–H and O–H groups in total. The molecular formula is C17H13BrCl2N4S. The molecule has 1 aromatic heterocycles. The Kier molecular flexibility index (Phi) is 5.96. The Bertz CT molecular complexity index is 913. The zero-order valence-electron chi connectivity index (χ0n) is 12.8. The van der Waals surface area contributed by atoms with Crippen LogP contribution in [0.5, 0.6) is 0 Å². The summed E-state index contributed by atoms with van der Waals surface area (Å²) in [6.45, 7) is 0.560. The number of nitrogens with one attached hydrogen (secondary N) is 2. The van der Waals surface area contributed by atoms with E-state index in [0.717, 1.165) is 15.7 Å². The predicted octanol–water partition coefficient (Wildman–Crippen LogP) is 5.81. The van der Waals surface area contributed by atoms with E-state index in [1.807, 2.05) is 48.7 Å². The van der Waals surface area contributed by atoms with Gasteiger partial charge in [0.2, 0.25) is 0 Å². The van der Waals surface area contributed by atoms with Gasteiger partial charge in [0.25, 0.3) is 0 Å². The number of aromatic nitrogens is 2. The van der Waals surface area contributed by atoms with Gasteiger partial charge in [-0.25, -0.2) is 0 Å². The van der Waals surface area contributed by atoms with Crippen LogP contribution >= 0.6 is 51.3 Å². The molecule has 0 bridgehead atoms. The van der Waals surface area contributed by atoms with Gasteiger partial charge < -0.3 is 10.6 Å². The van der Waals surface area contributed by atoms with Crippen LogP contribution in [0.2, 0.25) is 10.0 Å². The minimum Gasteiger partial charge on any atom is -0.331 e. The van der Waals surface area contributed by atoms with Gasteiger partial charge in [-0.15, -0.1) is 0 Å². The molecule has 0 saturated carbocycles. The summed E-state index contributed by atoms with van der Waals surface area (Å²) in [5.41, 5.74) is 1.72. The highest BCUT2D eigenvalue weighted by atomic mass is 79.9. The fourth-order valence-electron chi connectivity index (χ4n) is 2.19. The molecule has 25 heavy (non-hydrogen) atoms. The summed E-state index contributed by atoms with van der Waals surface area (Å²) in [4.78, 5) is 0. The van der Waals surface area contributed by atoms with Gasteiger partial charge in [-0.3, -0.25) is 4.68 Å². The van der Waals surface area contributed by atoms with Gasteiger partial charge in [0.05, 0.1) is 21.7 Å². The van der Waals surface area contributed by atoms with Crippen LogP contribution in [0.1, 0.15) is 5.56 Å². The van der Waals surface area contributed by atoms with E-state index < -0.39 is 0 Å². The average Bonchev–Trinajstić information content (AvgIpc) is 2.91. The van der Waals surface area contributed by atoms with E-state index in [-0.39, 0.29) is 0 Å². The Morgan fingerprint density at radius 1 is 1.04 bits per heavy atom. The maximum absolute atomic E-state index is 6.20. The van der Waals surface area contributed by atoms with Crippen molar-refractivity contribution in [2.45, 2.75) is 6.54 Å². The Morgan fingerprint density at radius 2 is 1.72 bits per heavy atom. The first-order chi connectivity index (χ1) is 12.0. The molecule has 8 heteroatoms. The van der Waals surface area contributed by atoms with Crippen LogP contribution in [0.15, 0.2) is 59.2 Å². The second kappa shape index (κ2) is 8.19. The van der Waals surface area contributed by atoms with Crippen molar-refractivity contribution in [1.29, 1.82) is 0 Å². The molecule has 0 spiro atoms. The predicted molar refractivity (Wildman–Crippen MR) is 112 cm³/mol. The molecule has 0 amide bonds. The topological polar surface area (TPSA) is 41.9 Å². The smallest absolute Gasteiger partial charge is 0.176 e. The summed E-state index contributed by atoms with van der Waals surface area (Å²) < 4.78 is 2.58. The minimum atomic E-state index is 0.400. The summed E-state index contributed by atoms with van der Waals surface area (Å²) in [5, 5.41) is 12.3. The molecule has 0 saturated heterocycles. The van der Waals surface area contributed by atoms with Crippen molar-refractivity contribution >= 4 is 68.0 Å². The van der Waals surface area contributed by atoms with Crippen LogP contribution in [0.4, 0.5) is 11.5 Å². The molecule has 128 valence electrons. The van der Waals surface area contributed by atoms with Crippen LogP contribution in [-0.4, -0.2) is 14.9 Å². The molecule has 1 heterocycles. The Labute approximate surface area is 169 Å². The second-order valence-electron chi connectivity index (χ2n) is 5.17. The third-order valence-corrected chi connectivity index (χ3v) is 4.84. The molecule has 4 nitrogen and oxygen atoms in total. The number of thiocarbonyl (C=S) groups is 1. The quantitative estimate of drug-likeness (QED) is 0.487. The summed E-state index contributed by atoms with van der Waals surface area (Å²) >= 11 is 21.1. The largest absolute Gasteiger partial charge is 0.331 e. The van der Waals surface area contributed by atoms with Crippen LogP contribution in [0, 0.1) is 0 Å². The van der Waals surface area contributed by atoms with Crippen LogP contribution in [0.25, 0.3) is 0 Å². The highest BCUT2D eigenvalue weighted by Crippen LogP contribution is 2.24. The third-order valence-electron chi connectivity index (χ3n) is 3.36. The molecule has 3 rings (SSSR count). The number of nitrogens with zero attached hydrogens (tertiary/aromatic N) is 2. The van der Waals surface area contributed by atoms with Gasteiger partial charge in [0, 0.05) is 11.2 Å². The van der Waals surface area contributed by atoms with Crippen molar-refractivity contribution in [3.8, 4) is 0 Å². The number of rotatable bonds is 4. The number of hydrogen-bond acceptors (Lipinski definition) is 2. The van der Waals surface area contributed by atoms with E-state index in [9.17, 15) is 0 Å². The number of para-hydroxylation sites is 1. The van der Waals surface area contributed by atoms with Crippen molar-refractivity contribution in [3.05, 3.63) is 74.8 Å². The molecule has 0 aliphatic rings. The number of hydrogen-bond donors (Lipinski definition) is 2. The average molecular weight is 456 g/mol. The molecule has 3 aromatic rings. The minimum absolute atomic E-state index is 0.400. The highest BCUT2D eigenvalue weighted by molar-refractivity contribution is 9.10. The molecule has 0 atom stereocenters. The van der Waals surface area contributed by atoms with Crippen molar-refractivity contribution < 1.29 is 0 Å². The van der Waals surface area contributed by atoms with Crippen molar-refractivity contribution in [2.75, 3.05) is 10.6 Å². The first kappa shape index (κ1) is 18.2. The summed E-state index contributed by atoms with van der Waals surface area (Å²) in [5.74, 6) is 0.608. The molecule has 0 aliphatic heterocycles. The van der Waals surface area contributed by atoms with Crippen LogP contribution in [-0.2, 0) is 6.54 Å². The second-order valence-corrected chi connectivity index (χ2v) is 7.25. The molecule has 0 radical (unpaired) electrons. The molecule has 0 fully saturated rings. The number of anilines is 2. The fraction of sp³-hybridized carbons (Fsp3) is 0.0588. The summed E-state index contributed by atoms with van der Waals surface area (Å²) in [7, 11) is 0. The lowest BCUT2D eigenvalue weighted by atomic mass is 10.2. The summed E-state index contributed by atoms with van der Waals surface area (Å²) in [6, 6.07) is 15.0. The third kappa shape index (κ3) is 4.73. The lowest BCUT2D eigenvalue weighted by Gasteiger charge is -2.10. The normalized spacial score (nSPS) is 10.5. The summed E-state index contributed by atoms with van der Waals surface area (Å²) in [6.07, 6.45) is 1.86. The molecule has 2 aromatic carbocycles. The molecule has 0 aliphatic carbocycles. The van der Waals surface area contributed by atoms with E-state index in [0.29, 0.717) is 27.5 Å². The van der Waals surface area contributed by atoms with Crippen LogP contribution < -0.4 is 10.6 Å². The van der Waals surface area contributed by atoms with E-state index in [1.165, 1.54) is 0 Å². The zero-order chi connectivity index (χ0) is 17.8. The Balaban J connectivity index is 1.69. The Hall–Kier alpha value is -1.60. The number of halogens is 3. The first-order valence-electron chi connectivity index (χ1n) is 7.32. The van der Waals surface area contributed by atoms with E-state index >= 15 is 0 Å². The standard InChI is InChI=1S/C17H13BrCl2N4S/c18-12-10-24(9-11-5-1-2-6-13(11)19)23-16(12)22-17(25)21-15-8-4-3-7-14(15)20/h1-8,10H,9H2,(H2,21,22,23,25). The van der Waals surface area contributed by atoms with E-state index in [1.54, 1.807) is 10.7 Å². The van der Waals surface area contributed by atoms with Gasteiger partial charge in [0.1, 0.15) is 0 Å². The highest BCUT2D eigenvalue weighted by Gasteiger charge is 2.10.